The molecule has 1 N–H and O–H groups in total. The van der Waals surface area contributed by atoms with Crippen LogP contribution in [0.3, 0.4) is 0 Å². The van der Waals surface area contributed by atoms with Gasteiger partial charge in [0, 0.05) is 36.3 Å². The van der Waals surface area contributed by atoms with Crippen LogP contribution in [0.5, 0.6) is 5.75 Å². The van der Waals surface area contributed by atoms with Crippen molar-refractivity contribution in [3.63, 3.8) is 0 Å². The van der Waals surface area contributed by atoms with E-state index in [1.165, 1.54) is 0 Å². The lowest BCUT2D eigenvalue weighted by Gasteiger charge is -2.41. The Hall–Kier alpha value is -3.46. The number of aromatic nitrogens is 5. The van der Waals surface area contributed by atoms with Crippen LogP contribution in [-0.2, 0) is 10.2 Å². The molecule has 4 aromatic heterocycles. The van der Waals surface area contributed by atoms with Gasteiger partial charge in [0.05, 0.1) is 35.8 Å². The molecule has 1 amide bonds. The molecule has 34 heavy (non-hydrogen) atoms. The predicted molar refractivity (Wildman–Crippen MR) is 124 cm³/mol. The molecule has 9 nitrogen and oxygen atoms in total. The summed E-state index contributed by atoms with van der Waals surface area (Å²) in [5, 5.41) is 7.29. The van der Waals surface area contributed by atoms with Gasteiger partial charge in [0.1, 0.15) is 17.1 Å². The second-order valence-corrected chi connectivity index (χ2v) is 10.4. The van der Waals surface area contributed by atoms with Crippen LogP contribution in [0.2, 0.25) is 0 Å². The maximum atomic E-state index is 13.4. The molecule has 6 heterocycles. The van der Waals surface area contributed by atoms with Crippen molar-refractivity contribution >= 4 is 22.9 Å². The monoisotopic (exact) mass is 458 g/mol. The van der Waals surface area contributed by atoms with Crippen molar-refractivity contribution in [1.29, 1.82) is 0 Å². The first-order valence-corrected chi connectivity index (χ1v) is 11.9. The summed E-state index contributed by atoms with van der Waals surface area (Å²) < 4.78 is 15.8. The van der Waals surface area contributed by atoms with Crippen molar-refractivity contribution in [3.8, 4) is 5.75 Å². The lowest BCUT2D eigenvalue weighted by Crippen LogP contribution is -2.45. The van der Waals surface area contributed by atoms with Gasteiger partial charge in [-0.05, 0) is 51.5 Å². The van der Waals surface area contributed by atoms with E-state index >= 15 is 0 Å². The van der Waals surface area contributed by atoms with Crippen LogP contribution < -0.4 is 10.1 Å². The van der Waals surface area contributed by atoms with Gasteiger partial charge in [-0.15, -0.1) is 0 Å². The van der Waals surface area contributed by atoms with Crippen molar-refractivity contribution in [2.75, 3.05) is 11.9 Å². The number of aryl methyl sites for hydroxylation is 1. The van der Waals surface area contributed by atoms with E-state index in [0.29, 0.717) is 29.3 Å². The number of hydrogen-bond acceptors (Lipinski definition) is 6. The van der Waals surface area contributed by atoms with E-state index in [9.17, 15) is 4.79 Å². The number of anilines is 1. The Labute approximate surface area is 196 Å². The lowest BCUT2D eigenvalue weighted by molar-refractivity contribution is 0.0154. The molecule has 2 aliphatic heterocycles. The Morgan fingerprint density at radius 1 is 1.24 bits per heavy atom. The number of hydrogen-bond donors (Lipinski definition) is 1. The number of fused-ring (bicyclic) bond motifs is 3. The first kappa shape index (κ1) is 20.0. The van der Waals surface area contributed by atoms with E-state index < -0.39 is 0 Å². The zero-order chi connectivity index (χ0) is 23.1. The molecule has 2 aliphatic carbocycles. The molecule has 2 bridgehead atoms. The number of amides is 1. The Morgan fingerprint density at radius 3 is 2.82 bits per heavy atom. The number of nitrogens with zero attached hydrogens (tertiary/aromatic N) is 5. The summed E-state index contributed by atoms with van der Waals surface area (Å²) >= 11 is 0. The maximum absolute atomic E-state index is 13.4. The molecule has 4 aromatic rings. The summed E-state index contributed by atoms with van der Waals surface area (Å²) in [5.41, 5.74) is 4.39. The van der Waals surface area contributed by atoms with Gasteiger partial charge < -0.3 is 19.2 Å². The number of rotatable bonds is 5. The van der Waals surface area contributed by atoms with E-state index in [-0.39, 0.29) is 23.0 Å². The molecular formula is C25H26N6O3. The summed E-state index contributed by atoms with van der Waals surface area (Å²) in [6.45, 7) is 4.82. The van der Waals surface area contributed by atoms with Gasteiger partial charge in [-0.2, -0.15) is 5.10 Å². The van der Waals surface area contributed by atoms with Gasteiger partial charge in [0.2, 0.25) is 0 Å². The topological polar surface area (TPSA) is 95.1 Å². The maximum Gasteiger partial charge on any atom is 0.261 e. The van der Waals surface area contributed by atoms with E-state index in [0.717, 1.165) is 49.0 Å². The molecule has 0 unspecified atom stereocenters. The van der Waals surface area contributed by atoms with Gasteiger partial charge in [-0.3, -0.25) is 4.79 Å². The molecule has 2 saturated carbocycles. The number of carbonyl (C=O) groups is 1. The summed E-state index contributed by atoms with van der Waals surface area (Å²) in [6, 6.07) is 1.89. The standard InChI is InChI=1S/C25H26N6O3/c1-15-7-26-22-18(8-27-31(22)9-15)28-23(32)17-10-30-11-20(25-12-24(2,13-25)33-14-25)29-21(30)6-19(17)34-16-4-3-5-16/h6-11,16H,3-5,12-14H2,1-2H3,(H,28,32). The predicted octanol–water partition coefficient (Wildman–Crippen LogP) is 3.69. The van der Waals surface area contributed by atoms with Crippen molar-refractivity contribution in [1.82, 2.24) is 24.0 Å². The van der Waals surface area contributed by atoms with Crippen LogP contribution in [-0.4, -0.2) is 48.2 Å². The first-order chi connectivity index (χ1) is 16.4. The molecule has 0 atom stereocenters. The van der Waals surface area contributed by atoms with Crippen LogP contribution in [0.25, 0.3) is 11.3 Å². The number of carbonyl (C=O) groups excluding carboxylic acids is 1. The van der Waals surface area contributed by atoms with Gasteiger partial charge in [0.25, 0.3) is 5.91 Å². The largest absolute Gasteiger partial charge is 0.489 e. The van der Waals surface area contributed by atoms with Gasteiger partial charge in [0.15, 0.2) is 5.65 Å². The first-order valence-electron chi connectivity index (χ1n) is 11.9. The molecule has 174 valence electrons. The zero-order valence-electron chi connectivity index (χ0n) is 19.2. The van der Waals surface area contributed by atoms with Crippen molar-refractivity contribution in [3.05, 3.63) is 53.9 Å². The van der Waals surface area contributed by atoms with Gasteiger partial charge >= 0.3 is 0 Å². The van der Waals surface area contributed by atoms with Crippen LogP contribution in [0, 0.1) is 6.92 Å². The minimum atomic E-state index is -0.262. The van der Waals surface area contributed by atoms with Crippen LogP contribution in [0.4, 0.5) is 5.69 Å². The molecular weight excluding hydrogens is 432 g/mol. The van der Waals surface area contributed by atoms with Crippen molar-refractivity contribution in [2.24, 2.45) is 0 Å². The minimum absolute atomic E-state index is 0.0136. The average Bonchev–Trinajstić information content (AvgIpc) is 3.51. The number of nitrogens with one attached hydrogen (secondary N) is 1. The highest BCUT2D eigenvalue weighted by molar-refractivity contribution is 6.07. The van der Waals surface area contributed by atoms with Crippen LogP contribution in [0.15, 0.2) is 37.1 Å². The van der Waals surface area contributed by atoms with Gasteiger partial charge in [-0.25, -0.2) is 14.5 Å². The minimum Gasteiger partial charge on any atom is -0.489 e. The second kappa shape index (κ2) is 6.79. The Bertz CT molecular complexity index is 1460. The van der Waals surface area contributed by atoms with E-state index in [1.807, 2.05) is 36.0 Å². The summed E-state index contributed by atoms with van der Waals surface area (Å²) in [5.74, 6) is 0.299. The SMILES string of the molecule is Cc1cnc2c(NC(=O)c3cn4cc(C56COC(C)(C5)C6)nc4cc3OC3CCC3)cnn2c1. The van der Waals surface area contributed by atoms with E-state index in [1.54, 1.807) is 16.9 Å². The Balaban J connectivity index is 1.26. The molecule has 8 rings (SSSR count). The molecule has 0 spiro atoms. The fraction of sp³-hybridized carbons (Fsp3) is 0.440. The molecule has 4 fully saturated rings. The number of ether oxygens (including phenoxy) is 2. The summed E-state index contributed by atoms with van der Waals surface area (Å²) in [4.78, 5) is 22.8. The van der Waals surface area contributed by atoms with E-state index in [4.69, 9.17) is 14.5 Å². The quantitative estimate of drug-likeness (QED) is 0.490. The van der Waals surface area contributed by atoms with Gasteiger partial charge in [-0.1, -0.05) is 0 Å². The Kier molecular flexibility index (Phi) is 3.98. The summed E-state index contributed by atoms with van der Waals surface area (Å²) in [6.07, 6.45) is 14.4. The molecule has 0 radical (unpaired) electrons. The van der Waals surface area contributed by atoms with Crippen LogP contribution >= 0.6 is 0 Å². The van der Waals surface area contributed by atoms with E-state index in [2.05, 4.69) is 22.3 Å². The third-order valence-electron chi connectivity index (χ3n) is 7.54. The summed E-state index contributed by atoms with van der Waals surface area (Å²) in [7, 11) is 0. The molecule has 2 saturated heterocycles. The smallest absolute Gasteiger partial charge is 0.261 e. The number of imidazole rings is 1. The Morgan fingerprint density at radius 2 is 2.09 bits per heavy atom. The fourth-order valence-electron chi connectivity index (χ4n) is 5.60. The van der Waals surface area contributed by atoms with Crippen LogP contribution in [0.1, 0.15) is 60.6 Å². The highest BCUT2D eigenvalue weighted by Crippen LogP contribution is 2.58. The molecule has 9 heteroatoms. The second-order valence-electron chi connectivity index (χ2n) is 10.4. The zero-order valence-corrected chi connectivity index (χ0v) is 19.2. The average molecular weight is 459 g/mol. The van der Waals surface area contributed by atoms with Crippen molar-refractivity contribution < 1.29 is 14.3 Å². The molecule has 0 aromatic carbocycles. The third-order valence-corrected chi connectivity index (χ3v) is 7.54. The normalized spacial score (nSPS) is 25.9. The highest BCUT2D eigenvalue weighted by Gasteiger charge is 2.61. The molecule has 4 aliphatic rings. The lowest BCUT2D eigenvalue weighted by atomic mass is 9.62. The number of pyridine rings is 1. The van der Waals surface area contributed by atoms with Crippen molar-refractivity contribution in [2.45, 2.75) is 63.1 Å². The highest BCUT2D eigenvalue weighted by atomic mass is 16.5. The fourth-order valence-corrected chi connectivity index (χ4v) is 5.60. The third kappa shape index (κ3) is 2.96.